The van der Waals surface area contributed by atoms with Gasteiger partial charge in [0.2, 0.25) is 0 Å². The van der Waals surface area contributed by atoms with Crippen molar-refractivity contribution in [2.45, 2.75) is 25.3 Å². The van der Waals surface area contributed by atoms with Crippen LogP contribution in [0.5, 0.6) is 0 Å². The quantitative estimate of drug-likeness (QED) is 0.710. The third-order valence-corrected chi connectivity index (χ3v) is 6.30. The van der Waals surface area contributed by atoms with E-state index in [0.717, 1.165) is 33.2 Å². The van der Waals surface area contributed by atoms with Crippen molar-refractivity contribution < 1.29 is 8.42 Å². The van der Waals surface area contributed by atoms with Gasteiger partial charge in [0, 0.05) is 5.39 Å². The standard InChI is InChI=1S/C19H17NO2S/c1-13-9-10-14(2)16(11-13)12-20-17-7-3-5-15-6-4-8-18(19(15)17)23(20,21)22/h3-11H,12H2,1-2H3. The van der Waals surface area contributed by atoms with Gasteiger partial charge in [-0.15, -0.1) is 0 Å². The van der Waals surface area contributed by atoms with Crippen LogP contribution in [-0.4, -0.2) is 8.42 Å². The Bertz CT molecular complexity index is 1030. The molecule has 0 saturated heterocycles. The molecule has 3 nitrogen and oxygen atoms in total. The molecule has 0 amide bonds. The maximum Gasteiger partial charge on any atom is 0.265 e. The van der Waals surface area contributed by atoms with Crippen LogP contribution in [0.25, 0.3) is 10.8 Å². The highest BCUT2D eigenvalue weighted by atomic mass is 32.2. The summed E-state index contributed by atoms with van der Waals surface area (Å²) in [7, 11) is -3.49. The molecule has 1 heterocycles. The van der Waals surface area contributed by atoms with Crippen molar-refractivity contribution in [3.8, 4) is 0 Å². The zero-order valence-corrected chi connectivity index (χ0v) is 13.9. The lowest BCUT2D eigenvalue weighted by Crippen LogP contribution is -2.26. The number of aryl methyl sites for hydroxylation is 2. The van der Waals surface area contributed by atoms with Crippen LogP contribution in [0.2, 0.25) is 0 Å². The minimum atomic E-state index is -3.49. The number of hydrogen-bond acceptors (Lipinski definition) is 2. The summed E-state index contributed by atoms with van der Waals surface area (Å²) in [6.07, 6.45) is 0. The minimum absolute atomic E-state index is 0.365. The molecule has 4 heteroatoms. The van der Waals surface area contributed by atoms with E-state index in [1.165, 1.54) is 4.31 Å². The molecule has 0 unspecified atom stereocenters. The first-order valence-corrected chi connectivity index (χ1v) is 9.03. The molecule has 0 bridgehead atoms. The Hall–Kier alpha value is -2.33. The van der Waals surface area contributed by atoms with Crippen LogP contribution in [0, 0.1) is 13.8 Å². The molecule has 0 aromatic heterocycles. The number of anilines is 1. The Morgan fingerprint density at radius 2 is 1.70 bits per heavy atom. The Kier molecular flexibility index (Phi) is 3.00. The molecule has 4 rings (SSSR count). The zero-order valence-electron chi connectivity index (χ0n) is 13.1. The third-order valence-electron chi connectivity index (χ3n) is 4.50. The lowest BCUT2D eigenvalue weighted by Gasteiger charge is -2.20. The molecule has 0 aliphatic carbocycles. The predicted molar refractivity (Wildman–Crippen MR) is 93.2 cm³/mol. The summed E-state index contributed by atoms with van der Waals surface area (Å²) < 4.78 is 27.5. The van der Waals surface area contributed by atoms with Crippen LogP contribution < -0.4 is 4.31 Å². The second-order valence-electron chi connectivity index (χ2n) is 6.07. The van der Waals surface area contributed by atoms with Gasteiger partial charge in [0.15, 0.2) is 0 Å². The second-order valence-corrected chi connectivity index (χ2v) is 7.90. The first kappa shape index (κ1) is 14.3. The first-order valence-electron chi connectivity index (χ1n) is 7.59. The average molecular weight is 323 g/mol. The van der Waals surface area contributed by atoms with Gasteiger partial charge in [-0.1, -0.05) is 48.0 Å². The fourth-order valence-electron chi connectivity index (χ4n) is 3.25. The molecule has 3 aromatic carbocycles. The average Bonchev–Trinajstić information content (AvgIpc) is 2.75. The van der Waals surface area contributed by atoms with E-state index < -0.39 is 10.0 Å². The van der Waals surface area contributed by atoms with Crippen molar-refractivity contribution in [1.29, 1.82) is 0 Å². The van der Waals surface area contributed by atoms with Crippen molar-refractivity contribution in [1.82, 2.24) is 0 Å². The van der Waals surface area contributed by atoms with Gasteiger partial charge in [-0.2, -0.15) is 0 Å². The Morgan fingerprint density at radius 3 is 2.48 bits per heavy atom. The fourth-order valence-corrected chi connectivity index (χ4v) is 4.94. The Morgan fingerprint density at radius 1 is 0.957 bits per heavy atom. The van der Waals surface area contributed by atoms with Crippen molar-refractivity contribution in [3.05, 3.63) is 71.3 Å². The zero-order chi connectivity index (χ0) is 16.2. The fraction of sp³-hybridized carbons (Fsp3) is 0.158. The SMILES string of the molecule is Cc1ccc(C)c(CN2c3cccc4cccc(c34)S2(=O)=O)c1. The normalized spacial score (nSPS) is 15.3. The predicted octanol–water partition coefficient (Wildman–Crippen LogP) is 4.17. The van der Waals surface area contributed by atoms with Gasteiger partial charge < -0.3 is 0 Å². The number of nitrogens with zero attached hydrogens (tertiary/aromatic N) is 1. The maximum absolute atomic E-state index is 13.0. The van der Waals surface area contributed by atoms with E-state index in [1.807, 2.05) is 50.2 Å². The summed E-state index contributed by atoms with van der Waals surface area (Å²) in [6.45, 7) is 4.41. The van der Waals surface area contributed by atoms with Crippen LogP contribution in [-0.2, 0) is 16.6 Å². The van der Waals surface area contributed by atoms with E-state index in [-0.39, 0.29) is 0 Å². The summed E-state index contributed by atoms with van der Waals surface area (Å²) >= 11 is 0. The highest BCUT2D eigenvalue weighted by Crippen LogP contribution is 2.42. The molecule has 1 aliphatic rings. The van der Waals surface area contributed by atoms with Crippen molar-refractivity contribution in [2.75, 3.05) is 4.31 Å². The summed E-state index contributed by atoms with van der Waals surface area (Å²) in [5.74, 6) is 0. The summed E-state index contributed by atoms with van der Waals surface area (Å²) in [4.78, 5) is 0.413. The second kappa shape index (κ2) is 4.83. The lowest BCUT2D eigenvalue weighted by molar-refractivity contribution is 0.593. The molecule has 0 saturated carbocycles. The molecule has 0 N–H and O–H groups in total. The third kappa shape index (κ3) is 2.05. The van der Waals surface area contributed by atoms with Crippen LogP contribution in [0.15, 0.2) is 59.5 Å². The molecule has 1 aliphatic heterocycles. The number of rotatable bonds is 2. The summed E-state index contributed by atoms with van der Waals surface area (Å²) in [5.41, 5.74) is 4.06. The van der Waals surface area contributed by atoms with Crippen LogP contribution in [0.1, 0.15) is 16.7 Å². The van der Waals surface area contributed by atoms with Crippen LogP contribution in [0.4, 0.5) is 5.69 Å². The van der Waals surface area contributed by atoms with E-state index >= 15 is 0 Å². The van der Waals surface area contributed by atoms with Crippen LogP contribution in [0.3, 0.4) is 0 Å². The molecule has 0 spiro atoms. The molecule has 0 radical (unpaired) electrons. The van der Waals surface area contributed by atoms with Gasteiger partial charge in [-0.05, 0) is 42.5 Å². The van der Waals surface area contributed by atoms with E-state index in [9.17, 15) is 8.42 Å². The molecule has 23 heavy (non-hydrogen) atoms. The van der Waals surface area contributed by atoms with Gasteiger partial charge in [0.1, 0.15) is 0 Å². The minimum Gasteiger partial charge on any atom is -0.261 e. The molecule has 0 fully saturated rings. The van der Waals surface area contributed by atoms with E-state index in [1.54, 1.807) is 12.1 Å². The highest BCUT2D eigenvalue weighted by molar-refractivity contribution is 7.93. The van der Waals surface area contributed by atoms with Crippen molar-refractivity contribution in [3.63, 3.8) is 0 Å². The van der Waals surface area contributed by atoms with Gasteiger partial charge in [-0.3, -0.25) is 4.31 Å². The van der Waals surface area contributed by atoms with Gasteiger partial charge >= 0.3 is 0 Å². The van der Waals surface area contributed by atoms with Gasteiger partial charge in [-0.25, -0.2) is 8.42 Å². The van der Waals surface area contributed by atoms with Gasteiger partial charge in [0.05, 0.1) is 17.1 Å². The molecule has 3 aromatic rings. The molecular weight excluding hydrogens is 306 g/mol. The molecule has 0 atom stereocenters. The monoisotopic (exact) mass is 323 g/mol. The lowest BCUT2D eigenvalue weighted by atomic mass is 10.0. The first-order chi connectivity index (χ1) is 11.0. The van der Waals surface area contributed by atoms with E-state index in [0.29, 0.717) is 11.4 Å². The van der Waals surface area contributed by atoms with Gasteiger partial charge in [0.25, 0.3) is 10.0 Å². The Labute approximate surface area is 136 Å². The number of sulfonamides is 1. The maximum atomic E-state index is 13.0. The summed E-state index contributed by atoms with van der Waals surface area (Å²) in [6, 6.07) is 17.4. The summed E-state index contributed by atoms with van der Waals surface area (Å²) in [5, 5.41) is 1.80. The smallest absolute Gasteiger partial charge is 0.261 e. The van der Waals surface area contributed by atoms with Crippen molar-refractivity contribution in [2.24, 2.45) is 0 Å². The number of benzene rings is 3. The highest BCUT2D eigenvalue weighted by Gasteiger charge is 2.35. The topological polar surface area (TPSA) is 37.4 Å². The van der Waals surface area contributed by atoms with Crippen molar-refractivity contribution >= 4 is 26.5 Å². The number of hydrogen-bond donors (Lipinski definition) is 0. The largest absolute Gasteiger partial charge is 0.265 e. The van der Waals surface area contributed by atoms with Crippen LogP contribution >= 0.6 is 0 Å². The van der Waals surface area contributed by atoms with E-state index in [2.05, 4.69) is 6.07 Å². The molecular formula is C19H17NO2S. The van der Waals surface area contributed by atoms with E-state index in [4.69, 9.17) is 0 Å². The Balaban J connectivity index is 1.91. The molecule has 116 valence electrons.